The minimum absolute atomic E-state index is 0.0625. The van der Waals surface area contributed by atoms with Gasteiger partial charge >= 0.3 is 11.9 Å². The van der Waals surface area contributed by atoms with Gasteiger partial charge in [0.15, 0.2) is 0 Å². The maximum atomic E-state index is 11.2. The summed E-state index contributed by atoms with van der Waals surface area (Å²) in [6.45, 7) is 0. The van der Waals surface area contributed by atoms with Gasteiger partial charge in [-0.2, -0.15) is 0 Å². The molecule has 0 radical (unpaired) electrons. The van der Waals surface area contributed by atoms with E-state index in [4.69, 9.17) is 5.11 Å². The van der Waals surface area contributed by atoms with E-state index in [1.165, 1.54) is 18.2 Å². The smallest absolute Gasteiger partial charge is 0.342 e. The largest absolute Gasteiger partial charge is 0.478 e. The van der Waals surface area contributed by atoms with Gasteiger partial charge in [0.05, 0.1) is 11.1 Å². The van der Waals surface area contributed by atoms with Crippen LogP contribution in [0.2, 0.25) is 0 Å². The number of hydrogen-bond donors (Lipinski definition) is 2. The van der Waals surface area contributed by atoms with Crippen molar-refractivity contribution < 1.29 is 24.5 Å². The number of rotatable bonds is 1. The van der Waals surface area contributed by atoms with Crippen molar-refractivity contribution in [2.75, 3.05) is 0 Å². The van der Waals surface area contributed by atoms with E-state index in [2.05, 4.69) is 4.74 Å². The highest BCUT2D eigenvalue weighted by atomic mass is 16.6. The van der Waals surface area contributed by atoms with Gasteiger partial charge in [0.25, 0.3) is 0 Å². The first-order valence-corrected chi connectivity index (χ1v) is 3.86. The van der Waals surface area contributed by atoms with Crippen LogP contribution in [0.5, 0.6) is 0 Å². The van der Waals surface area contributed by atoms with Crippen LogP contribution in [-0.2, 0) is 4.74 Å². The molecule has 1 atom stereocenters. The number of carboxylic acids is 1. The Kier molecular flexibility index (Phi) is 1.75. The Labute approximate surface area is 78.5 Å². The molecule has 0 amide bonds. The zero-order valence-corrected chi connectivity index (χ0v) is 6.93. The number of aromatic carboxylic acids is 1. The Balaban J connectivity index is 2.68. The molecule has 0 aromatic heterocycles. The van der Waals surface area contributed by atoms with Crippen LogP contribution in [0, 0.1) is 0 Å². The molecule has 1 heterocycles. The predicted molar refractivity (Wildman–Crippen MR) is 43.8 cm³/mol. The van der Waals surface area contributed by atoms with Gasteiger partial charge in [0.1, 0.15) is 0 Å². The molecule has 0 saturated heterocycles. The third-order valence-corrected chi connectivity index (χ3v) is 2.02. The second kappa shape index (κ2) is 2.81. The molecule has 2 rings (SSSR count). The monoisotopic (exact) mass is 194 g/mol. The van der Waals surface area contributed by atoms with Crippen molar-refractivity contribution in [2.45, 2.75) is 6.29 Å². The number of fused-ring (bicyclic) bond motifs is 1. The van der Waals surface area contributed by atoms with E-state index < -0.39 is 18.2 Å². The van der Waals surface area contributed by atoms with Crippen LogP contribution in [0.3, 0.4) is 0 Å². The molecule has 1 aromatic carbocycles. The second-order valence-electron chi connectivity index (χ2n) is 2.83. The highest BCUT2D eigenvalue weighted by molar-refractivity contribution is 6.05. The lowest BCUT2D eigenvalue weighted by Crippen LogP contribution is -2.05. The Bertz CT molecular complexity index is 423. The molecule has 1 aliphatic heterocycles. The van der Waals surface area contributed by atoms with Gasteiger partial charge in [-0.05, 0) is 6.07 Å². The summed E-state index contributed by atoms with van der Waals surface area (Å²) in [5.41, 5.74) is -0.00792. The SMILES string of the molecule is O=C(O)c1cccc2c1C(=O)OC2O. The molecule has 0 spiro atoms. The fraction of sp³-hybridized carbons (Fsp3) is 0.111. The molecule has 0 fully saturated rings. The van der Waals surface area contributed by atoms with Gasteiger partial charge in [-0.15, -0.1) is 0 Å². The first-order chi connectivity index (χ1) is 6.61. The van der Waals surface area contributed by atoms with Crippen molar-refractivity contribution in [3.05, 3.63) is 34.9 Å². The Hall–Kier alpha value is -1.88. The molecular weight excluding hydrogens is 188 g/mol. The summed E-state index contributed by atoms with van der Waals surface area (Å²) in [6, 6.07) is 4.20. The van der Waals surface area contributed by atoms with E-state index in [-0.39, 0.29) is 16.7 Å². The van der Waals surface area contributed by atoms with Gasteiger partial charge in [-0.1, -0.05) is 12.1 Å². The fourth-order valence-electron chi connectivity index (χ4n) is 1.41. The van der Waals surface area contributed by atoms with Crippen LogP contribution in [0.1, 0.15) is 32.6 Å². The number of aliphatic hydroxyl groups is 1. The number of carbonyl (C=O) groups is 2. The Morgan fingerprint density at radius 3 is 2.79 bits per heavy atom. The standard InChI is InChI=1S/C9H6O5/c10-7(11)4-2-1-3-5-6(4)9(13)14-8(5)12/h1-3,8,12H,(H,10,11). The van der Waals surface area contributed by atoms with Crippen LogP contribution in [0.15, 0.2) is 18.2 Å². The number of cyclic esters (lactones) is 1. The molecule has 2 N–H and O–H groups in total. The lowest BCUT2D eigenvalue weighted by molar-refractivity contribution is -0.0548. The molecule has 0 aliphatic carbocycles. The van der Waals surface area contributed by atoms with Gasteiger partial charge in [0.2, 0.25) is 6.29 Å². The topological polar surface area (TPSA) is 83.8 Å². The average molecular weight is 194 g/mol. The number of hydrogen-bond acceptors (Lipinski definition) is 4. The molecule has 0 saturated carbocycles. The van der Waals surface area contributed by atoms with Crippen LogP contribution < -0.4 is 0 Å². The Morgan fingerprint density at radius 2 is 2.14 bits per heavy atom. The van der Waals surface area contributed by atoms with Crippen LogP contribution >= 0.6 is 0 Å². The molecular formula is C9H6O5. The zero-order valence-electron chi connectivity index (χ0n) is 6.93. The number of ether oxygens (including phenoxy) is 1. The summed E-state index contributed by atoms with van der Waals surface area (Å²) < 4.78 is 4.48. The maximum absolute atomic E-state index is 11.2. The lowest BCUT2D eigenvalue weighted by atomic mass is 10.0. The van der Waals surface area contributed by atoms with E-state index in [0.29, 0.717) is 0 Å². The third kappa shape index (κ3) is 1.06. The van der Waals surface area contributed by atoms with Gasteiger partial charge in [-0.25, -0.2) is 9.59 Å². The van der Waals surface area contributed by atoms with E-state index >= 15 is 0 Å². The molecule has 5 heteroatoms. The molecule has 1 unspecified atom stereocenters. The van der Waals surface area contributed by atoms with E-state index in [9.17, 15) is 14.7 Å². The third-order valence-electron chi connectivity index (χ3n) is 2.02. The molecule has 1 aliphatic rings. The summed E-state index contributed by atoms with van der Waals surface area (Å²) >= 11 is 0. The van der Waals surface area contributed by atoms with Crippen molar-refractivity contribution >= 4 is 11.9 Å². The number of carboxylic acid groups (broad SMARTS) is 1. The molecule has 72 valence electrons. The number of aliphatic hydroxyl groups excluding tert-OH is 1. The maximum Gasteiger partial charge on any atom is 0.342 e. The van der Waals surface area contributed by atoms with Crippen molar-refractivity contribution in [3.8, 4) is 0 Å². The lowest BCUT2D eigenvalue weighted by Gasteiger charge is -2.00. The quantitative estimate of drug-likeness (QED) is 0.637. The number of esters is 1. The van der Waals surface area contributed by atoms with E-state index in [0.717, 1.165) is 0 Å². The minimum Gasteiger partial charge on any atom is -0.478 e. The van der Waals surface area contributed by atoms with Gasteiger partial charge in [0, 0.05) is 5.56 Å². The second-order valence-corrected chi connectivity index (χ2v) is 2.83. The van der Waals surface area contributed by atoms with E-state index in [1.807, 2.05) is 0 Å². The van der Waals surface area contributed by atoms with Crippen molar-refractivity contribution in [2.24, 2.45) is 0 Å². The van der Waals surface area contributed by atoms with Crippen LogP contribution in [-0.4, -0.2) is 22.2 Å². The molecule has 14 heavy (non-hydrogen) atoms. The first kappa shape index (κ1) is 8.71. The number of benzene rings is 1. The van der Waals surface area contributed by atoms with Crippen molar-refractivity contribution in [1.82, 2.24) is 0 Å². The first-order valence-electron chi connectivity index (χ1n) is 3.86. The van der Waals surface area contributed by atoms with Gasteiger partial charge < -0.3 is 14.9 Å². The summed E-state index contributed by atoms with van der Waals surface area (Å²) in [7, 11) is 0. The fourth-order valence-corrected chi connectivity index (χ4v) is 1.41. The number of carbonyl (C=O) groups excluding carboxylic acids is 1. The zero-order chi connectivity index (χ0) is 10.3. The van der Waals surface area contributed by atoms with E-state index in [1.54, 1.807) is 0 Å². The molecule has 0 bridgehead atoms. The summed E-state index contributed by atoms with van der Waals surface area (Å²) in [5.74, 6) is -2.02. The van der Waals surface area contributed by atoms with Crippen molar-refractivity contribution in [3.63, 3.8) is 0 Å². The summed E-state index contributed by atoms with van der Waals surface area (Å²) in [4.78, 5) is 21.9. The van der Waals surface area contributed by atoms with Crippen LogP contribution in [0.25, 0.3) is 0 Å². The predicted octanol–water partition coefficient (Wildman–Crippen LogP) is 0.546. The molecule has 5 nitrogen and oxygen atoms in total. The minimum atomic E-state index is -1.35. The highest BCUT2D eigenvalue weighted by Crippen LogP contribution is 2.30. The van der Waals surface area contributed by atoms with Crippen molar-refractivity contribution in [1.29, 1.82) is 0 Å². The summed E-state index contributed by atoms with van der Waals surface area (Å²) in [6.07, 6.45) is -1.35. The normalized spacial score (nSPS) is 18.9. The summed E-state index contributed by atoms with van der Waals surface area (Å²) in [5, 5.41) is 18.0. The van der Waals surface area contributed by atoms with Gasteiger partial charge in [-0.3, -0.25) is 0 Å². The van der Waals surface area contributed by atoms with Crippen LogP contribution in [0.4, 0.5) is 0 Å². The average Bonchev–Trinajstić information content (AvgIpc) is 2.43. The highest BCUT2D eigenvalue weighted by Gasteiger charge is 2.33. The molecule has 1 aromatic rings. The Morgan fingerprint density at radius 1 is 1.43 bits per heavy atom.